The number of aryl methyl sites for hydroxylation is 3. The van der Waals surface area contributed by atoms with Crippen molar-refractivity contribution >= 4 is 33.3 Å². The van der Waals surface area contributed by atoms with Gasteiger partial charge in [0, 0.05) is 11.4 Å². The zero-order chi connectivity index (χ0) is 24.7. The van der Waals surface area contributed by atoms with Crippen LogP contribution in [0.2, 0.25) is 0 Å². The van der Waals surface area contributed by atoms with E-state index >= 15 is 0 Å². The number of esters is 1. The number of amides is 1. The minimum absolute atomic E-state index is 0.0307. The highest BCUT2D eigenvalue weighted by atomic mass is 32.2. The molecular formula is C26H28N2O5S. The first kappa shape index (κ1) is 25.0. The Labute approximate surface area is 200 Å². The lowest BCUT2D eigenvalue weighted by atomic mass is 10.0. The van der Waals surface area contributed by atoms with E-state index in [1.54, 1.807) is 18.2 Å². The van der Waals surface area contributed by atoms with Gasteiger partial charge >= 0.3 is 5.97 Å². The van der Waals surface area contributed by atoms with Gasteiger partial charge in [-0.3, -0.25) is 9.52 Å². The fraction of sp³-hybridized carbons (Fsp3) is 0.231. The summed E-state index contributed by atoms with van der Waals surface area (Å²) in [5, 5.41) is 2.83. The second-order valence-electron chi connectivity index (χ2n) is 7.79. The molecule has 0 aliphatic heterocycles. The number of carbonyl (C=O) groups is 2. The van der Waals surface area contributed by atoms with Crippen molar-refractivity contribution in [2.75, 3.05) is 16.6 Å². The van der Waals surface area contributed by atoms with Crippen LogP contribution in [0.3, 0.4) is 0 Å². The summed E-state index contributed by atoms with van der Waals surface area (Å²) in [5.41, 5.74) is 4.09. The molecule has 0 atom stereocenters. The van der Waals surface area contributed by atoms with Crippen LogP contribution in [-0.2, 0) is 32.4 Å². The number of anilines is 2. The average molecular weight is 481 g/mol. The molecule has 0 aliphatic carbocycles. The molecule has 0 spiro atoms. The predicted molar refractivity (Wildman–Crippen MR) is 133 cm³/mol. The summed E-state index contributed by atoms with van der Waals surface area (Å²) < 4.78 is 33.1. The highest BCUT2D eigenvalue weighted by molar-refractivity contribution is 7.92. The maximum atomic E-state index is 12.8. The smallest absolute Gasteiger partial charge is 0.338 e. The van der Waals surface area contributed by atoms with Crippen molar-refractivity contribution in [3.63, 3.8) is 0 Å². The van der Waals surface area contributed by atoms with Crippen LogP contribution in [0.5, 0.6) is 0 Å². The van der Waals surface area contributed by atoms with Crippen LogP contribution in [-0.4, -0.2) is 26.9 Å². The van der Waals surface area contributed by atoms with Crippen LogP contribution in [0.4, 0.5) is 11.4 Å². The van der Waals surface area contributed by atoms with Gasteiger partial charge in [0.15, 0.2) is 6.61 Å². The van der Waals surface area contributed by atoms with Gasteiger partial charge in [-0.05, 0) is 66.8 Å². The Morgan fingerprint density at radius 1 is 0.882 bits per heavy atom. The molecule has 0 aromatic heterocycles. The summed E-state index contributed by atoms with van der Waals surface area (Å²) in [7, 11) is -3.91. The number of ether oxygens (including phenoxy) is 1. The lowest BCUT2D eigenvalue weighted by Gasteiger charge is -2.14. The predicted octanol–water partition coefficient (Wildman–Crippen LogP) is 4.72. The summed E-state index contributed by atoms with van der Waals surface area (Å²) in [4.78, 5) is 24.9. The average Bonchev–Trinajstić information content (AvgIpc) is 2.82. The first-order valence-corrected chi connectivity index (χ1v) is 12.5. The molecule has 0 saturated carbocycles. The molecular weight excluding hydrogens is 452 g/mol. The number of hydrogen-bond acceptors (Lipinski definition) is 5. The quantitative estimate of drug-likeness (QED) is 0.432. The van der Waals surface area contributed by atoms with E-state index in [4.69, 9.17) is 4.74 Å². The summed E-state index contributed by atoms with van der Waals surface area (Å²) >= 11 is 0. The molecule has 8 heteroatoms. The lowest BCUT2D eigenvalue weighted by molar-refractivity contribution is -0.119. The van der Waals surface area contributed by atoms with Gasteiger partial charge in [0.05, 0.1) is 10.5 Å². The van der Waals surface area contributed by atoms with Crippen LogP contribution in [0, 0.1) is 6.92 Å². The number of carbonyl (C=O) groups excluding carboxylic acids is 2. The summed E-state index contributed by atoms with van der Waals surface area (Å²) in [5.74, 6) is -1.25. The summed E-state index contributed by atoms with van der Waals surface area (Å²) in [6.07, 6.45) is 1.50. The van der Waals surface area contributed by atoms with Gasteiger partial charge in [-0.1, -0.05) is 50.2 Å². The normalized spacial score (nSPS) is 11.0. The van der Waals surface area contributed by atoms with Crippen LogP contribution >= 0.6 is 0 Å². The van der Waals surface area contributed by atoms with Gasteiger partial charge in [0.1, 0.15) is 0 Å². The Morgan fingerprint density at radius 3 is 2.18 bits per heavy atom. The molecule has 3 aromatic rings. The van der Waals surface area contributed by atoms with Gasteiger partial charge in [0.25, 0.3) is 15.9 Å². The van der Waals surface area contributed by atoms with Crippen molar-refractivity contribution in [3.05, 3.63) is 89.0 Å². The van der Waals surface area contributed by atoms with E-state index in [-0.39, 0.29) is 10.5 Å². The zero-order valence-corrected chi connectivity index (χ0v) is 20.2. The van der Waals surface area contributed by atoms with E-state index < -0.39 is 28.5 Å². The van der Waals surface area contributed by atoms with Gasteiger partial charge in [-0.15, -0.1) is 0 Å². The highest BCUT2D eigenvalue weighted by Crippen LogP contribution is 2.23. The number of para-hydroxylation sites is 1. The van der Waals surface area contributed by atoms with Crippen LogP contribution in [0.15, 0.2) is 71.6 Å². The summed E-state index contributed by atoms with van der Waals surface area (Å²) in [6, 6.07) is 18.3. The Balaban J connectivity index is 1.67. The number of rotatable bonds is 9. The molecule has 0 heterocycles. The first-order chi connectivity index (χ1) is 16.2. The molecule has 0 radical (unpaired) electrons. The maximum absolute atomic E-state index is 12.8. The minimum Gasteiger partial charge on any atom is -0.452 e. The molecule has 0 unspecified atom stereocenters. The van der Waals surface area contributed by atoms with Crippen LogP contribution in [0.1, 0.15) is 40.9 Å². The molecule has 3 aromatic carbocycles. The van der Waals surface area contributed by atoms with E-state index in [2.05, 4.69) is 10.0 Å². The Bertz CT molecular complexity index is 1280. The molecule has 0 fully saturated rings. The number of benzene rings is 3. The highest BCUT2D eigenvalue weighted by Gasteiger charge is 2.18. The van der Waals surface area contributed by atoms with Crippen molar-refractivity contribution in [2.45, 2.75) is 38.5 Å². The van der Waals surface area contributed by atoms with Crippen LogP contribution < -0.4 is 10.0 Å². The third kappa shape index (κ3) is 6.23. The summed E-state index contributed by atoms with van der Waals surface area (Å²) in [6.45, 7) is 5.37. The number of hydrogen-bond donors (Lipinski definition) is 2. The third-order valence-corrected chi connectivity index (χ3v) is 6.63. The monoisotopic (exact) mass is 480 g/mol. The fourth-order valence-corrected chi connectivity index (χ4v) is 4.60. The second-order valence-corrected chi connectivity index (χ2v) is 9.47. The van der Waals surface area contributed by atoms with Gasteiger partial charge < -0.3 is 10.1 Å². The molecule has 7 nitrogen and oxygen atoms in total. The lowest BCUT2D eigenvalue weighted by Crippen LogP contribution is -2.22. The van der Waals surface area contributed by atoms with Gasteiger partial charge in [0.2, 0.25) is 0 Å². The molecule has 1 amide bonds. The zero-order valence-electron chi connectivity index (χ0n) is 19.4. The molecule has 0 bridgehead atoms. The number of nitrogens with one attached hydrogen (secondary N) is 2. The van der Waals surface area contributed by atoms with E-state index in [9.17, 15) is 18.0 Å². The van der Waals surface area contributed by atoms with Gasteiger partial charge in [-0.25, -0.2) is 13.2 Å². The SMILES string of the molecule is CCc1cccc(CC)c1NC(=O)COC(=O)c1cccc(S(=O)(=O)Nc2cccc(C)c2)c1. The molecule has 2 N–H and O–H groups in total. The van der Waals surface area contributed by atoms with E-state index in [0.717, 1.165) is 35.2 Å². The van der Waals surface area contributed by atoms with Crippen molar-refractivity contribution in [1.29, 1.82) is 0 Å². The van der Waals surface area contributed by atoms with Crippen molar-refractivity contribution in [3.8, 4) is 0 Å². The Kier molecular flexibility index (Phi) is 8.07. The van der Waals surface area contributed by atoms with Crippen molar-refractivity contribution in [2.24, 2.45) is 0 Å². The molecule has 34 heavy (non-hydrogen) atoms. The molecule has 0 saturated heterocycles. The Hall–Kier alpha value is -3.65. The standard InChI is InChI=1S/C26H28N2O5S/c1-4-19-10-7-11-20(5-2)25(19)27-24(29)17-33-26(30)21-12-8-14-23(16-21)34(31,32)28-22-13-6-9-18(3)15-22/h6-16,28H,4-5,17H2,1-3H3,(H,27,29). The molecule has 0 aliphatic rings. The largest absolute Gasteiger partial charge is 0.452 e. The van der Waals surface area contributed by atoms with E-state index in [0.29, 0.717) is 5.69 Å². The maximum Gasteiger partial charge on any atom is 0.338 e. The molecule has 178 valence electrons. The van der Waals surface area contributed by atoms with E-state index in [1.165, 1.54) is 24.3 Å². The molecule has 3 rings (SSSR count). The first-order valence-electron chi connectivity index (χ1n) is 11.0. The Morgan fingerprint density at radius 2 is 1.53 bits per heavy atom. The number of sulfonamides is 1. The van der Waals surface area contributed by atoms with Gasteiger partial charge in [-0.2, -0.15) is 0 Å². The topological polar surface area (TPSA) is 102 Å². The fourth-order valence-electron chi connectivity index (χ4n) is 3.51. The van der Waals surface area contributed by atoms with Crippen LogP contribution in [0.25, 0.3) is 0 Å². The van der Waals surface area contributed by atoms with Crippen molar-refractivity contribution in [1.82, 2.24) is 0 Å². The van der Waals surface area contributed by atoms with E-state index in [1.807, 2.05) is 45.0 Å². The van der Waals surface area contributed by atoms with Crippen molar-refractivity contribution < 1.29 is 22.7 Å². The second kappa shape index (κ2) is 11.0. The third-order valence-electron chi connectivity index (χ3n) is 5.25. The minimum atomic E-state index is -3.91.